The SMILES string of the molecule is Cc1nccn1[C@H]1CCCN(c2nc(N)nc3c2cnn3C)C1. The van der Waals surface area contributed by atoms with Gasteiger partial charge in [0.05, 0.1) is 17.6 Å². The van der Waals surface area contributed by atoms with E-state index in [0.717, 1.165) is 48.6 Å². The summed E-state index contributed by atoms with van der Waals surface area (Å²) in [7, 11) is 1.87. The number of anilines is 2. The van der Waals surface area contributed by atoms with Gasteiger partial charge in [-0.2, -0.15) is 15.1 Å². The minimum atomic E-state index is 0.289. The summed E-state index contributed by atoms with van der Waals surface area (Å²) < 4.78 is 3.98. The molecular formula is C15H20N8. The molecule has 1 saturated heterocycles. The van der Waals surface area contributed by atoms with Crippen LogP contribution in [0.2, 0.25) is 0 Å². The van der Waals surface area contributed by atoms with Crippen molar-refractivity contribution in [2.24, 2.45) is 7.05 Å². The van der Waals surface area contributed by atoms with Gasteiger partial charge in [0.2, 0.25) is 5.95 Å². The molecule has 0 aromatic carbocycles. The van der Waals surface area contributed by atoms with Crippen LogP contribution in [0.4, 0.5) is 11.8 Å². The lowest BCUT2D eigenvalue weighted by Crippen LogP contribution is -2.37. The molecule has 1 aliphatic heterocycles. The predicted octanol–water partition coefficient (Wildman–Crippen LogP) is 1.29. The van der Waals surface area contributed by atoms with Gasteiger partial charge in [-0.1, -0.05) is 0 Å². The average Bonchev–Trinajstić information content (AvgIpc) is 3.13. The highest BCUT2D eigenvalue weighted by atomic mass is 15.3. The van der Waals surface area contributed by atoms with Crippen molar-refractivity contribution in [1.29, 1.82) is 0 Å². The lowest BCUT2D eigenvalue weighted by atomic mass is 10.1. The Bertz CT molecular complexity index is 848. The second-order valence-corrected chi connectivity index (χ2v) is 6.03. The molecule has 2 N–H and O–H groups in total. The molecule has 3 aromatic rings. The van der Waals surface area contributed by atoms with Gasteiger partial charge in [0.15, 0.2) is 5.65 Å². The number of piperidine rings is 1. The molecule has 120 valence electrons. The number of nitrogen functional groups attached to an aromatic ring is 1. The van der Waals surface area contributed by atoms with E-state index in [1.807, 2.05) is 26.4 Å². The summed E-state index contributed by atoms with van der Waals surface area (Å²) >= 11 is 0. The van der Waals surface area contributed by atoms with E-state index >= 15 is 0 Å². The highest BCUT2D eigenvalue weighted by Crippen LogP contribution is 2.30. The summed E-state index contributed by atoms with van der Waals surface area (Å²) in [6.07, 6.45) is 7.97. The molecule has 0 amide bonds. The second kappa shape index (κ2) is 5.22. The van der Waals surface area contributed by atoms with E-state index in [1.54, 1.807) is 4.68 Å². The third kappa shape index (κ3) is 2.30. The molecule has 1 fully saturated rings. The first-order valence-corrected chi connectivity index (χ1v) is 7.83. The van der Waals surface area contributed by atoms with E-state index in [-0.39, 0.29) is 5.95 Å². The number of fused-ring (bicyclic) bond motifs is 1. The van der Waals surface area contributed by atoms with Gasteiger partial charge in [-0.3, -0.25) is 4.68 Å². The first-order chi connectivity index (χ1) is 11.1. The van der Waals surface area contributed by atoms with Crippen LogP contribution in [0.1, 0.15) is 24.7 Å². The van der Waals surface area contributed by atoms with Crippen molar-refractivity contribution in [3.05, 3.63) is 24.4 Å². The molecule has 23 heavy (non-hydrogen) atoms. The molecule has 3 aromatic heterocycles. The molecule has 1 aliphatic rings. The van der Waals surface area contributed by atoms with Crippen LogP contribution >= 0.6 is 0 Å². The van der Waals surface area contributed by atoms with E-state index in [1.165, 1.54) is 0 Å². The molecule has 0 aliphatic carbocycles. The summed E-state index contributed by atoms with van der Waals surface area (Å²) in [6, 6.07) is 0.397. The largest absolute Gasteiger partial charge is 0.368 e. The first-order valence-electron chi connectivity index (χ1n) is 7.83. The smallest absolute Gasteiger partial charge is 0.224 e. The summed E-state index contributed by atoms with van der Waals surface area (Å²) in [4.78, 5) is 15.4. The Morgan fingerprint density at radius 2 is 2.17 bits per heavy atom. The van der Waals surface area contributed by atoms with Crippen LogP contribution in [0.25, 0.3) is 11.0 Å². The maximum absolute atomic E-state index is 5.91. The molecule has 0 radical (unpaired) electrons. The van der Waals surface area contributed by atoms with Gasteiger partial charge in [-0.05, 0) is 19.8 Å². The highest BCUT2D eigenvalue weighted by Gasteiger charge is 2.25. The van der Waals surface area contributed by atoms with E-state index in [4.69, 9.17) is 5.73 Å². The minimum absolute atomic E-state index is 0.289. The zero-order valence-corrected chi connectivity index (χ0v) is 13.3. The molecular weight excluding hydrogens is 292 g/mol. The maximum Gasteiger partial charge on any atom is 0.224 e. The quantitative estimate of drug-likeness (QED) is 0.767. The molecule has 8 nitrogen and oxygen atoms in total. The normalized spacial score (nSPS) is 18.7. The molecule has 0 bridgehead atoms. The van der Waals surface area contributed by atoms with Gasteiger partial charge in [0.1, 0.15) is 11.6 Å². The van der Waals surface area contributed by atoms with Gasteiger partial charge >= 0.3 is 0 Å². The minimum Gasteiger partial charge on any atom is -0.368 e. The monoisotopic (exact) mass is 312 g/mol. The Balaban J connectivity index is 1.72. The number of rotatable bonds is 2. The van der Waals surface area contributed by atoms with Crippen LogP contribution in [0, 0.1) is 6.92 Å². The zero-order chi connectivity index (χ0) is 16.0. The Hall–Kier alpha value is -2.64. The van der Waals surface area contributed by atoms with Gasteiger partial charge in [-0.15, -0.1) is 0 Å². The van der Waals surface area contributed by atoms with Gasteiger partial charge in [0.25, 0.3) is 0 Å². The van der Waals surface area contributed by atoms with Crippen molar-refractivity contribution < 1.29 is 0 Å². The predicted molar refractivity (Wildman–Crippen MR) is 88.2 cm³/mol. The fraction of sp³-hybridized carbons (Fsp3) is 0.467. The van der Waals surface area contributed by atoms with Crippen molar-refractivity contribution in [2.75, 3.05) is 23.7 Å². The van der Waals surface area contributed by atoms with Crippen molar-refractivity contribution >= 4 is 22.8 Å². The highest BCUT2D eigenvalue weighted by molar-refractivity contribution is 5.87. The van der Waals surface area contributed by atoms with Crippen molar-refractivity contribution in [2.45, 2.75) is 25.8 Å². The third-order valence-corrected chi connectivity index (χ3v) is 4.54. The lowest BCUT2D eigenvalue weighted by Gasteiger charge is -2.34. The van der Waals surface area contributed by atoms with Crippen molar-refractivity contribution in [1.82, 2.24) is 29.3 Å². The first kappa shape index (κ1) is 14.0. The van der Waals surface area contributed by atoms with Crippen LogP contribution in [0.15, 0.2) is 18.6 Å². The van der Waals surface area contributed by atoms with Crippen LogP contribution in [-0.4, -0.2) is 42.4 Å². The molecule has 0 unspecified atom stereocenters. The molecule has 0 saturated carbocycles. The fourth-order valence-corrected chi connectivity index (χ4v) is 3.41. The number of aryl methyl sites for hydroxylation is 2. The second-order valence-electron chi connectivity index (χ2n) is 6.03. The number of hydrogen-bond acceptors (Lipinski definition) is 6. The van der Waals surface area contributed by atoms with E-state index < -0.39 is 0 Å². The molecule has 0 spiro atoms. The molecule has 4 heterocycles. The summed E-state index contributed by atoms with van der Waals surface area (Å²) in [5.41, 5.74) is 6.68. The Kier molecular flexibility index (Phi) is 3.17. The number of nitrogens with zero attached hydrogens (tertiary/aromatic N) is 7. The summed E-state index contributed by atoms with van der Waals surface area (Å²) in [5, 5.41) is 5.24. The van der Waals surface area contributed by atoms with Crippen LogP contribution < -0.4 is 10.6 Å². The fourth-order valence-electron chi connectivity index (χ4n) is 3.41. The summed E-state index contributed by atoms with van der Waals surface area (Å²) in [6.45, 7) is 3.89. The Labute approximate surface area is 134 Å². The molecule has 8 heteroatoms. The zero-order valence-electron chi connectivity index (χ0n) is 13.3. The standard InChI is InChI=1S/C15H20N8/c1-10-17-5-7-23(10)11-4-3-6-22(9-11)14-12-8-18-21(2)13(12)19-15(16)20-14/h5,7-8,11H,3-4,6,9H2,1-2H3,(H2,16,19,20)/t11-/m0/s1. The molecule has 4 rings (SSSR count). The van der Waals surface area contributed by atoms with E-state index in [9.17, 15) is 0 Å². The number of aromatic nitrogens is 6. The summed E-state index contributed by atoms with van der Waals surface area (Å²) in [5.74, 6) is 2.21. The van der Waals surface area contributed by atoms with Crippen molar-refractivity contribution in [3.63, 3.8) is 0 Å². The molecule has 1 atom stereocenters. The van der Waals surface area contributed by atoms with Crippen LogP contribution in [0.5, 0.6) is 0 Å². The number of nitrogens with two attached hydrogens (primary N) is 1. The Morgan fingerprint density at radius 1 is 1.30 bits per heavy atom. The average molecular weight is 312 g/mol. The van der Waals surface area contributed by atoms with Crippen LogP contribution in [-0.2, 0) is 7.05 Å². The lowest BCUT2D eigenvalue weighted by molar-refractivity contribution is 0.398. The number of imidazole rings is 1. The Morgan fingerprint density at radius 3 is 2.96 bits per heavy atom. The van der Waals surface area contributed by atoms with Gasteiger partial charge in [0, 0.05) is 32.5 Å². The van der Waals surface area contributed by atoms with Crippen LogP contribution in [0.3, 0.4) is 0 Å². The number of hydrogen-bond donors (Lipinski definition) is 1. The third-order valence-electron chi connectivity index (χ3n) is 4.54. The van der Waals surface area contributed by atoms with Gasteiger partial charge < -0.3 is 15.2 Å². The maximum atomic E-state index is 5.91. The van der Waals surface area contributed by atoms with E-state index in [2.05, 4.69) is 35.7 Å². The van der Waals surface area contributed by atoms with E-state index in [0.29, 0.717) is 6.04 Å². The topological polar surface area (TPSA) is 90.7 Å². The van der Waals surface area contributed by atoms with Crippen molar-refractivity contribution in [3.8, 4) is 0 Å². The van der Waals surface area contributed by atoms with Gasteiger partial charge in [-0.25, -0.2) is 4.98 Å².